The van der Waals surface area contributed by atoms with Gasteiger partial charge in [0.2, 0.25) is 5.91 Å². The van der Waals surface area contributed by atoms with E-state index in [4.69, 9.17) is 0 Å². The van der Waals surface area contributed by atoms with Crippen LogP contribution in [0.5, 0.6) is 0 Å². The number of nitrogens with one attached hydrogen (secondary N) is 2. The Bertz CT molecular complexity index is 588. The SMILES string of the molecule is CC1(CNC(=O)C2CCCN2C(=O)c2ccccc2)CCNCC1.Cl. The van der Waals surface area contributed by atoms with E-state index in [-0.39, 0.29) is 35.7 Å². The highest BCUT2D eigenvalue weighted by Gasteiger charge is 2.35. The summed E-state index contributed by atoms with van der Waals surface area (Å²) in [6, 6.07) is 8.90. The second-order valence-corrected chi connectivity index (χ2v) is 7.30. The molecular weight excluding hydrogens is 338 g/mol. The van der Waals surface area contributed by atoms with E-state index in [1.807, 2.05) is 30.3 Å². The number of amides is 2. The zero-order valence-electron chi connectivity index (χ0n) is 14.8. The summed E-state index contributed by atoms with van der Waals surface area (Å²) in [5, 5.41) is 6.47. The zero-order chi connectivity index (χ0) is 17.0. The summed E-state index contributed by atoms with van der Waals surface area (Å²) in [4.78, 5) is 27.1. The minimum absolute atomic E-state index is 0. The van der Waals surface area contributed by atoms with Crippen molar-refractivity contribution in [2.45, 2.75) is 38.6 Å². The van der Waals surface area contributed by atoms with E-state index in [0.717, 1.165) is 38.8 Å². The van der Waals surface area contributed by atoms with E-state index in [2.05, 4.69) is 17.6 Å². The first-order valence-electron chi connectivity index (χ1n) is 8.94. The van der Waals surface area contributed by atoms with Crippen molar-refractivity contribution >= 4 is 24.2 Å². The average molecular weight is 366 g/mol. The third-order valence-electron chi connectivity index (χ3n) is 5.34. The van der Waals surface area contributed by atoms with Crippen LogP contribution in [0.15, 0.2) is 30.3 Å². The van der Waals surface area contributed by atoms with Crippen molar-refractivity contribution in [3.8, 4) is 0 Å². The standard InChI is InChI=1S/C19H27N3O2.ClH/c1-19(9-11-20-12-10-19)14-21-17(23)16-8-5-13-22(16)18(24)15-6-3-2-4-7-15;/h2-4,6-7,16,20H,5,8-14H2,1H3,(H,21,23);1H. The molecule has 1 unspecified atom stereocenters. The third-order valence-corrected chi connectivity index (χ3v) is 5.34. The number of piperidine rings is 1. The van der Waals surface area contributed by atoms with Gasteiger partial charge in [-0.2, -0.15) is 0 Å². The number of hydrogen-bond acceptors (Lipinski definition) is 3. The van der Waals surface area contributed by atoms with Gasteiger partial charge in [-0.1, -0.05) is 25.1 Å². The van der Waals surface area contributed by atoms with Crippen molar-refractivity contribution in [2.24, 2.45) is 5.41 Å². The van der Waals surface area contributed by atoms with Crippen LogP contribution in [0, 0.1) is 5.41 Å². The molecule has 2 amide bonds. The molecule has 5 nitrogen and oxygen atoms in total. The van der Waals surface area contributed by atoms with E-state index >= 15 is 0 Å². The Hall–Kier alpha value is -1.59. The minimum atomic E-state index is -0.331. The van der Waals surface area contributed by atoms with Crippen LogP contribution in [0.25, 0.3) is 0 Å². The predicted molar refractivity (Wildman–Crippen MR) is 101 cm³/mol. The molecule has 1 aromatic carbocycles. The van der Waals surface area contributed by atoms with Crippen molar-refractivity contribution in [1.29, 1.82) is 0 Å². The number of halogens is 1. The van der Waals surface area contributed by atoms with Crippen molar-refractivity contribution in [2.75, 3.05) is 26.2 Å². The van der Waals surface area contributed by atoms with Crippen LogP contribution < -0.4 is 10.6 Å². The summed E-state index contributed by atoms with van der Waals surface area (Å²) in [6.45, 7) is 5.60. The van der Waals surface area contributed by atoms with Gasteiger partial charge >= 0.3 is 0 Å². The van der Waals surface area contributed by atoms with Crippen molar-refractivity contribution < 1.29 is 9.59 Å². The van der Waals surface area contributed by atoms with Gasteiger partial charge < -0.3 is 15.5 Å². The lowest BCUT2D eigenvalue weighted by molar-refractivity contribution is -0.125. The molecule has 138 valence electrons. The highest BCUT2D eigenvalue weighted by Crippen LogP contribution is 2.27. The fourth-order valence-corrected chi connectivity index (χ4v) is 3.65. The Morgan fingerprint density at radius 1 is 1.24 bits per heavy atom. The number of nitrogens with zero attached hydrogens (tertiary/aromatic N) is 1. The van der Waals surface area contributed by atoms with Gasteiger partial charge in [0.15, 0.2) is 0 Å². The lowest BCUT2D eigenvalue weighted by Gasteiger charge is -2.35. The molecule has 2 N–H and O–H groups in total. The van der Waals surface area contributed by atoms with Crippen LogP contribution >= 0.6 is 12.4 Å². The fourth-order valence-electron chi connectivity index (χ4n) is 3.65. The maximum Gasteiger partial charge on any atom is 0.254 e. The van der Waals surface area contributed by atoms with E-state index in [1.165, 1.54) is 0 Å². The number of benzene rings is 1. The molecular formula is C19H28ClN3O2. The second kappa shape index (κ2) is 8.68. The van der Waals surface area contributed by atoms with Crippen molar-refractivity contribution in [3.05, 3.63) is 35.9 Å². The molecule has 1 aromatic rings. The summed E-state index contributed by atoms with van der Waals surface area (Å²) in [5.74, 6) is -0.0436. The van der Waals surface area contributed by atoms with Crippen molar-refractivity contribution in [3.63, 3.8) is 0 Å². The molecule has 0 radical (unpaired) electrons. The smallest absolute Gasteiger partial charge is 0.254 e. The molecule has 3 rings (SSSR count). The Balaban J connectivity index is 0.00000225. The van der Waals surface area contributed by atoms with Crippen LogP contribution in [-0.2, 0) is 4.79 Å². The van der Waals surface area contributed by atoms with Crippen LogP contribution in [-0.4, -0.2) is 48.9 Å². The first kappa shape index (κ1) is 19.7. The number of hydrogen-bond donors (Lipinski definition) is 2. The van der Waals surface area contributed by atoms with Gasteiger partial charge in [-0.05, 0) is 56.3 Å². The fraction of sp³-hybridized carbons (Fsp3) is 0.579. The number of likely N-dealkylation sites (tertiary alicyclic amines) is 1. The van der Waals surface area contributed by atoms with Crippen LogP contribution in [0.3, 0.4) is 0 Å². The number of rotatable bonds is 4. The third kappa shape index (κ3) is 4.73. The summed E-state index contributed by atoms with van der Waals surface area (Å²) >= 11 is 0. The largest absolute Gasteiger partial charge is 0.354 e. The summed E-state index contributed by atoms with van der Waals surface area (Å²) in [5.41, 5.74) is 0.816. The second-order valence-electron chi connectivity index (χ2n) is 7.30. The molecule has 0 aromatic heterocycles. The average Bonchev–Trinajstić information content (AvgIpc) is 3.10. The normalized spacial score (nSPS) is 22.1. The topological polar surface area (TPSA) is 61.4 Å². The predicted octanol–water partition coefficient (Wildman–Crippen LogP) is 2.22. The van der Waals surface area contributed by atoms with Crippen LogP contribution in [0.4, 0.5) is 0 Å². The van der Waals surface area contributed by atoms with Gasteiger partial charge in [0.25, 0.3) is 5.91 Å². The summed E-state index contributed by atoms with van der Waals surface area (Å²) in [7, 11) is 0. The molecule has 2 saturated heterocycles. The maximum atomic E-state index is 12.7. The zero-order valence-corrected chi connectivity index (χ0v) is 15.6. The molecule has 2 fully saturated rings. The molecule has 0 spiro atoms. The molecule has 25 heavy (non-hydrogen) atoms. The first-order chi connectivity index (χ1) is 11.6. The quantitative estimate of drug-likeness (QED) is 0.860. The highest BCUT2D eigenvalue weighted by atomic mass is 35.5. The van der Waals surface area contributed by atoms with Crippen molar-refractivity contribution in [1.82, 2.24) is 15.5 Å². The van der Waals surface area contributed by atoms with Crippen LogP contribution in [0.1, 0.15) is 43.0 Å². The van der Waals surface area contributed by atoms with Gasteiger partial charge in [0.1, 0.15) is 6.04 Å². The van der Waals surface area contributed by atoms with Gasteiger partial charge in [0.05, 0.1) is 0 Å². The lowest BCUT2D eigenvalue weighted by atomic mass is 9.81. The van der Waals surface area contributed by atoms with E-state index in [9.17, 15) is 9.59 Å². The number of carbonyl (C=O) groups excluding carboxylic acids is 2. The highest BCUT2D eigenvalue weighted by molar-refractivity contribution is 5.97. The minimum Gasteiger partial charge on any atom is -0.354 e. The molecule has 0 aliphatic carbocycles. The van der Waals surface area contributed by atoms with Gasteiger partial charge in [-0.15, -0.1) is 12.4 Å². The van der Waals surface area contributed by atoms with E-state index in [0.29, 0.717) is 18.7 Å². The Morgan fingerprint density at radius 3 is 2.60 bits per heavy atom. The molecule has 0 bridgehead atoms. The Kier molecular flexibility index (Phi) is 6.85. The Morgan fingerprint density at radius 2 is 1.92 bits per heavy atom. The monoisotopic (exact) mass is 365 g/mol. The van der Waals surface area contributed by atoms with E-state index < -0.39 is 0 Å². The van der Waals surface area contributed by atoms with Gasteiger partial charge in [-0.25, -0.2) is 0 Å². The molecule has 0 saturated carbocycles. The number of carbonyl (C=O) groups is 2. The summed E-state index contributed by atoms with van der Waals surface area (Å²) in [6.07, 6.45) is 3.79. The first-order valence-corrected chi connectivity index (χ1v) is 8.94. The molecule has 2 aliphatic rings. The molecule has 2 heterocycles. The maximum absolute atomic E-state index is 12.7. The lowest BCUT2D eigenvalue weighted by Crippen LogP contribution is -2.49. The Labute approximate surface area is 155 Å². The van der Waals surface area contributed by atoms with E-state index in [1.54, 1.807) is 4.90 Å². The van der Waals surface area contributed by atoms with Gasteiger partial charge in [0, 0.05) is 18.7 Å². The van der Waals surface area contributed by atoms with Gasteiger partial charge in [-0.3, -0.25) is 9.59 Å². The summed E-state index contributed by atoms with van der Waals surface area (Å²) < 4.78 is 0. The molecule has 2 aliphatic heterocycles. The molecule has 1 atom stereocenters. The van der Waals surface area contributed by atoms with Crippen LogP contribution in [0.2, 0.25) is 0 Å². The molecule has 6 heteroatoms.